The van der Waals surface area contributed by atoms with E-state index in [4.69, 9.17) is 42.6 Å². The van der Waals surface area contributed by atoms with Gasteiger partial charge in [-0.05, 0) is 0 Å². The van der Waals surface area contributed by atoms with Crippen LogP contribution < -0.4 is 5.32 Å². The van der Waals surface area contributed by atoms with Gasteiger partial charge in [0.15, 0.2) is 31.5 Å². The van der Waals surface area contributed by atoms with Crippen molar-refractivity contribution < 1.29 is 129 Å². The average molecular weight is 870 g/mol. The maximum atomic E-state index is 12.5. The van der Waals surface area contributed by atoms with E-state index in [1.54, 1.807) is 0 Å². The third kappa shape index (κ3) is 10.2. The third-order valence-corrected chi connectivity index (χ3v) is 10.7. The highest BCUT2D eigenvalue weighted by molar-refractivity contribution is 5.73. The van der Waals surface area contributed by atoms with Gasteiger partial charge >= 0.3 is 0 Å². The van der Waals surface area contributed by atoms with Crippen LogP contribution in [-0.4, -0.2) is 274 Å². The van der Waals surface area contributed by atoms with Crippen LogP contribution in [0.2, 0.25) is 0 Å². The number of ether oxygens (including phenoxy) is 9. The minimum atomic E-state index is -2.14. The number of hydrogen-bond acceptors (Lipinski definition) is 26. The summed E-state index contributed by atoms with van der Waals surface area (Å²) in [5.74, 6) is -0.827. The van der Waals surface area contributed by atoms with Gasteiger partial charge in [0.2, 0.25) is 5.91 Å². The summed E-state index contributed by atoms with van der Waals surface area (Å²) in [5.41, 5.74) is 0. The molecule has 0 unspecified atom stereocenters. The Morgan fingerprint density at radius 2 is 0.780 bits per heavy atom. The predicted octanol–water partition coefficient (Wildman–Crippen LogP) is -11.8. The fourth-order valence-electron chi connectivity index (χ4n) is 7.43. The van der Waals surface area contributed by atoms with Crippen LogP contribution >= 0.6 is 0 Å². The van der Waals surface area contributed by atoms with E-state index in [1.807, 2.05) is 0 Å². The lowest BCUT2D eigenvalue weighted by Crippen LogP contribution is -2.70. The molecule has 0 saturated carbocycles. The molecular formula is C32H55NO26. The highest BCUT2D eigenvalue weighted by Crippen LogP contribution is 2.35. The smallest absolute Gasteiger partial charge is 0.217 e. The lowest BCUT2D eigenvalue weighted by molar-refractivity contribution is -0.385. The Morgan fingerprint density at radius 1 is 0.407 bits per heavy atom. The van der Waals surface area contributed by atoms with Crippen LogP contribution in [-0.2, 0) is 47.4 Å². The van der Waals surface area contributed by atoms with Gasteiger partial charge < -0.3 is 130 Å². The van der Waals surface area contributed by atoms with Crippen molar-refractivity contribution in [2.75, 3.05) is 33.0 Å². The van der Waals surface area contributed by atoms with Crippen LogP contribution in [0.4, 0.5) is 0 Å². The Balaban J connectivity index is 1.37. The number of nitrogens with one attached hydrogen (secondary N) is 1. The van der Waals surface area contributed by atoms with E-state index in [0.29, 0.717) is 0 Å². The van der Waals surface area contributed by atoms with Crippen molar-refractivity contribution in [3.8, 4) is 0 Å². The molecule has 27 heteroatoms. The Bertz CT molecular complexity index is 1320. The number of amides is 1. The topological polar surface area (TPSA) is 436 Å². The molecule has 0 aromatic heterocycles. The van der Waals surface area contributed by atoms with Gasteiger partial charge in [0.05, 0.1) is 33.0 Å². The molecule has 344 valence electrons. The zero-order valence-electron chi connectivity index (χ0n) is 31.2. The molecule has 5 aliphatic rings. The largest absolute Gasteiger partial charge is 0.394 e. The summed E-state index contributed by atoms with van der Waals surface area (Å²) >= 11 is 0. The molecular weight excluding hydrogens is 814 g/mol. The second-order valence-electron chi connectivity index (χ2n) is 14.7. The minimum absolute atomic E-state index is 0.827. The molecule has 17 N–H and O–H groups in total. The summed E-state index contributed by atoms with van der Waals surface area (Å²) in [4.78, 5) is 12.5. The second-order valence-corrected chi connectivity index (χ2v) is 14.7. The number of carbonyl (C=O) groups excluding carboxylic acids is 1. The van der Waals surface area contributed by atoms with E-state index < -0.39 is 192 Å². The Kier molecular flexibility index (Phi) is 17.1. The van der Waals surface area contributed by atoms with Gasteiger partial charge in [-0.2, -0.15) is 0 Å². The Morgan fingerprint density at radius 3 is 1.29 bits per heavy atom. The summed E-state index contributed by atoms with van der Waals surface area (Å²) in [6.45, 7) is -3.58. The SMILES string of the molecule is CC(=O)N[C@H]1[C@H](O[C@H]2[C@@H](O)[C@@H](CO)O[C@@H](O[C@@H]3[C@@H](O)[C@@H](O)[C@@H](O)O[C@@H]3CO)[C@@H]2O)O[C@H](CO)[C@@H](O)[C@@H]1O[C@@H]1O[C@H](CO)[C@H](O[C@H]2O[C@H](CO)[C@H](O)[C@H](O)[C@H]2O)[C@H](O)[C@H]1O. The fraction of sp³-hybridized carbons (Fsp3) is 0.969. The van der Waals surface area contributed by atoms with E-state index >= 15 is 0 Å². The first-order chi connectivity index (χ1) is 27.9. The number of rotatable bonds is 14. The molecule has 0 aromatic carbocycles. The first kappa shape index (κ1) is 48.5. The van der Waals surface area contributed by atoms with Crippen molar-refractivity contribution in [1.82, 2.24) is 5.32 Å². The summed E-state index contributed by atoms with van der Waals surface area (Å²) < 4.78 is 50.2. The molecule has 0 spiro atoms. The number of hydrogen-bond donors (Lipinski definition) is 17. The predicted molar refractivity (Wildman–Crippen MR) is 178 cm³/mol. The van der Waals surface area contributed by atoms with Crippen molar-refractivity contribution in [2.24, 2.45) is 0 Å². The summed E-state index contributed by atoms with van der Waals surface area (Å²) in [6, 6.07) is -1.72. The number of aliphatic hydroxyl groups excluding tert-OH is 16. The van der Waals surface area contributed by atoms with Gasteiger partial charge in [0.1, 0.15) is 122 Å². The van der Waals surface area contributed by atoms with Crippen molar-refractivity contribution in [2.45, 2.75) is 160 Å². The first-order valence-corrected chi connectivity index (χ1v) is 18.6. The molecule has 5 fully saturated rings. The third-order valence-electron chi connectivity index (χ3n) is 10.7. The first-order valence-electron chi connectivity index (χ1n) is 18.6. The van der Waals surface area contributed by atoms with E-state index in [-0.39, 0.29) is 0 Å². The Labute approximate surface area is 333 Å². The number of carbonyl (C=O) groups is 1. The molecule has 5 aliphatic heterocycles. The lowest BCUT2D eigenvalue weighted by atomic mass is 9.94. The molecule has 1 amide bonds. The molecule has 25 atom stereocenters. The minimum Gasteiger partial charge on any atom is -0.394 e. The monoisotopic (exact) mass is 869 g/mol. The van der Waals surface area contributed by atoms with Gasteiger partial charge in [-0.3, -0.25) is 4.79 Å². The zero-order valence-corrected chi connectivity index (χ0v) is 31.2. The van der Waals surface area contributed by atoms with E-state index in [1.165, 1.54) is 0 Å². The second kappa shape index (κ2) is 20.8. The molecule has 27 nitrogen and oxygen atoms in total. The van der Waals surface area contributed by atoms with Crippen LogP contribution in [0.3, 0.4) is 0 Å². The molecule has 0 radical (unpaired) electrons. The maximum Gasteiger partial charge on any atom is 0.217 e. The van der Waals surface area contributed by atoms with E-state index in [2.05, 4.69) is 5.32 Å². The van der Waals surface area contributed by atoms with Crippen molar-refractivity contribution >= 4 is 5.91 Å². The summed E-state index contributed by atoms with van der Waals surface area (Å²) in [6.07, 6.45) is -44.4. The number of aliphatic hydroxyl groups is 16. The van der Waals surface area contributed by atoms with Gasteiger partial charge in [0.25, 0.3) is 0 Å². The molecule has 5 heterocycles. The molecule has 59 heavy (non-hydrogen) atoms. The normalized spacial score (nSPS) is 51.0. The molecule has 0 bridgehead atoms. The highest BCUT2D eigenvalue weighted by atomic mass is 16.8. The summed E-state index contributed by atoms with van der Waals surface area (Å²) in [7, 11) is 0. The van der Waals surface area contributed by atoms with Gasteiger partial charge in [-0.1, -0.05) is 0 Å². The highest BCUT2D eigenvalue weighted by Gasteiger charge is 2.57. The van der Waals surface area contributed by atoms with Crippen molar-refractivity contribution in [1.29, 1.82) is 0 Å². The van der Waals surface area contributed by atoms with E-state index in [0.717, 1.165) is 6.92 Å². The zero-order chi connectivity index (χ0) is 43.6. The quantitative estimate of drug-likeness (QED) is 0.0770. The molecule has 5 saturated heterocycles. The molecule has 0 aromatic rings. The van der Waals surface area contributed by atoms with Crippen molar-refractivity contribution in [3.05, 3.63) is 0 Å². The molecule has 5 rings (SSSR count). The van der Waals surface area contributed by atoms with Crippen LogP contribution in [0, 0.1) is 0 Å². The van der Waals surface area contributed by atoms with Crippen molar-refractivity contribution in [3.63, 3.8) is 0 Å². The van der Waals surface area contributed by atoms with Crippen LogP contribution in [0.1, 0.15) is 6.92 Å². The average Bonchev–Trinajstić information content (AvgIpc) is 3.21. The van der Waals surface area contributed by atoms with Crippen LogP contribution in [0.25, 0.3) is 0 Å². The van der Waals surface area contributed by atoms with E-state index in [9.17, 15) is 86.5 Å². The van der Waals surface area contributed by atoms with Gasteiger partial charge in [0, 0.05) is 6.92 Å². The van der Waals surface area contributed by atoms with Gasteiger partial charge in [-0.25, -0.2) is 0 Å². The summed E-state index contributed by atoms with van der Waals surface area (Å²) in [5, 5.41) is 169. The van der Waals surface area contributed by atoms with Gasteiger partial charge in [-0.15, -0.1) is 0 Å². The fourth-order valence-corrected chi connectivity index (χ4v) is 7.43. The Hall–Kier alpha value is -1.53. The maximum absolute atomic E-state index is 12.5. The van der Waals surface area contributed by atoms with Crippen LogP contribution in [0.15, 0.2) is 0 Å². The van der Waals surface area contributed by atoms with Crippen LogP contribution in [0.5, 0.6) is 0 Å². The molecule has 0 aliphatic carbocycles. The standard InChI is InChI=1S/C32H55NO26/c1-7(39)33-13-26(58-31-22(48)19(45)25(12(6-38)55-31)56-30-21(47)17(43)14(40)8(2-34)53-30)15(41)9(3-35)52-29(13)59-27-16(42)10(4-36)54-32(23(27)49)57-24-11(5-37)51-28(50)20(46)18(24)44/h8-32,34-38,40-50H,2-6H2,1H3,(H,33,39)/t8-,9-,10-,11-,12-,13-,14+,15-,16+,17+,18+,19-,20-,21-,22-,23-,24+,25+,26-,27+,28+,29+,30-,31+,32+/m1/s1. The lowest BCUT2D eigenvalue weighted by Gasteiger charge is -2.50.